The zero-order valence-corrected chi connectivity index (χ0v) is 18.2. The van der Waals surface area contributed by atoms with E-state index in [1.807, 2.05) is 67.7 Å². The minimum atomic E-state index is -0.799. The molecule has 1 fully saturated rings. The summed E-state index contributed by atoms with van der Waals surface area (Å²) in [4.78, 5) is 13.1. The van der Waals surface area contributed by atoms with Gasteiger partial charge in [-0.1, -0.05) is 60.7 Å². The molecule has 1 saturated carbocycles. The number of aryl methyl sites for hydroxylation is 1. The Morgan fingerprint density at radius 3 is 2.07 bits per heavy atom. The van der Waals surface area contributed by atoms with E-state index in [1.165, 1.54) is 0 Å². The predicted octanol–water partition coefficient (Wildman–Crippen LogP) is 0.129. The van der Waals surface area contributed by atoms with Crippen LogP contribution in [-0.2, 0) is 17.3 Å². The molecule has 0 unspecified atom stereocenters. The monoisotopic (exact) mass is 487 g/mol. The average Bonchev–Trinajstić information content (AvgIpc) is 3.33. The number of halogens is 1. The lowest BCUT2D eigenvalue weighted by Crippen LogP contribution is -3.00. The van der Waals surface area contributed by atoms with Crippen LogP contribution in [0.3, 0.4) is 0 Å². The molecule has 1 aromatic heterocycles. The molecule has 5 heteroatoms. The molecule has 0 spiro atoms. The van der Waals surface area contributed by atoms with Gasteiger partial charge in [0, 0.05) is 0 Å². The van der Waals surface area contributed by atoms with Crippen LogP contribution < -0.4 is 34.3 Å². The second-order valence-electron chi connectivity index (χ2n) is 7.59. The Labute approximate surface area is 183 Å². The minimum Gasteiger partial charge on any atom is -1.00 e. The second kappa shape index (κ2) is 8.47. The fourth-order valence-corrected chi connectivity index (χ4v) is 4.83. The summed E-state index contributed by atoms with van der Waals surface area (Å²) in [7, 11) is 2.03. The van der Waals surface area contributed by atoms with Crippen molar-refractivity contribution in [3.63, 3.8) is 0 Å². The molecular weight excluding hydrogens is 461 g/mol. The normalized spacial score (nSPS) is 19.2. The number of amides is 1. The van der Waals surface area contributed by atoms with Crippen LogP contribution in [0.15, 0.2) is 79.4 Å². The smallest absolute Gasteiger partial charge is 0.243 e. The van der Waals surface area contributed by atoms with E-state index in [4.69, 9.17) is 5.73 Å². The molecule has 1 amide bonds. The van der Waals surface area contributed by atoms with Crippen molar-refractivity contribution in [3.8, 4) is 0 Å². The van der Waals surface area contributed by atoms with Gasteiger partial charge in [0.25, 0.3) is 0 Å². The molecule has 2 N–H and O–H groups in total. The Bertz CT molecular complexity index is 884. The molecule has 4 rings (SSSR count). The predicted molar refractivity (Wildman–Crippen MR) is 105 cm³/mol. The molecule has 1 aliphatic carbocycles. The molecule has 4 nitrogen and oxygen atoms in total. The number of nitrogens with two attached hydrogens (primary N) is 1. The first-order valence-corrected chi connectivity index (χ1v) is 9.56. The molecule has 0 aliphatic heterocycles. The molecule has 146 valence electrons. The first-order valence-electron chi connectivity index (χ1n) is 9.56. The van der Waals surface area contributed by atoms with E-state index in [0.29, 0.717) is 6.04 Å². The maximum Gasteiger partial charge on any atom is 0.243 e. The van der Waals surface area contributed by atoms with E-state index in [-0.39, 0.29) is 35.8 Å². The van der Waals surface area contributed by atoms with Crippen molar-refractivity contribution in [2.45, 2.75) is 30.7 Å². The number of nitrogens with zero attached hydrogens (tertiary/aromatic N) is 2. The highest BCUT2D eigenvalue weighted by atomic mass is 127. The van der Waals surface area contributed by atoms with E-state index < -0.39 is 5.41 Å². The van der Waals surface area contributed by atoms with Crippen molar-refractivity contribution in [2.75, 3.05) is 0 Å². The third kappa shape index (κ3) is 3.48. The number of carbonyl (C=O) groups excluding carboxylic acids is 1. The average molecular weight is 487 g/mol. The summed E-state index contributed by atoms with van der Waals surface area (Å²) in [6.45, 7) is 0. The lowest BCUT2D eigenvalue weighted by atomic mass is 9.64. The van der Waals surface area contributed by atoms with Gasteiger partial charge in [-0.15, -0.1) is 0 Å². The van der Waals surface area contributed by atoms with Gasteiger partial charge >= 0.3 is 0 Å². The van der Waals surface area contributed by atoms with E-state index in [1.54, 1.807) is 0 Å². The van der Waals surface area contributed by atoms with E-state index in [9.17, 15) is 4.79 Å². The largest absolute Gasteiger partial charge is 1.00 e. The van der Waals surface area contributed by atoms with Crippen molar-refractivity contribution in [1.29, 1.82) is 0 Å². The quantitative estimate of drug-likeness (QED) is 0.404. The lowest BCUT2D eigenvalue weighted by Gasteiger charge is -2.37. The van der Waals surface area contributed by atoms with Gasteiger partial charge < -0.3 is 29.7 Å². The third-order valence-corrected chi connectivity index (χ3v) is 6.08. The van der Waals surface area contributed by atoms with Gasteiger partial charge in [0.1, 0.15) is 23.9 Å². The first kappa shape index (κ1) is 20.6. The maximum absolute atomic E-state index is 13.1. The highest BCUT2D eigenvalue weighted by Gasteiger charge is 2.50. The molecule has 0 saturated heterocycles. The van der Waals surface area contributed by atoms with Crippen LogP contribution >= 0.6 is 0 Å². The Kier molecular flexibility index (Phi) is 6.23. The highest BCUT2D eigenvalue weighted by Crippen LogP contribution is 2.49. The van der Waals surface area contributed by atoms with Crippen LogP contribution in [0.2, 0.25) is 0 Å². The van der Waals surface area contributed by atoms with E-state index in [2.05, 4.69) is 27.9 Å². The SMILES string of the molecule is C[n+]1ccn([C@@H]2CC[C@@H](C(C(N)=O)(c3ccccc3)c3ccccc3)C2)c1.[I-]. The van der Waals surface area contributed by atoms with Gasteiger partial charge in [-0.3, -0.25) is 4.79 Å². The molecule has 28 heavy (non-hydrogen) atoms. The van der Waals surface area contributed by atoms with Crippen molar-refractivity contribution in [1.82, 2.24) is 4.57 Å². The summed E-state index contributed by atoms with van der Waals surface area (Å²) in [5.41, 5.74) is 7.34. The fraction of sp³-hybridized carbons (Fsp3) is 0.304. The van der Waals surface area contributed by atoms with Crippen LogP contribution in [0.25, 0.3) is 0 Å². The van der Waals surface area contributed by atoms with Crippen molar-refractivity contribution in [2.24, 2.45) is 18.7 Å². The number of benzene rings is 2. The number of carbonyl (C=O) groups is 1. The molecule has 0 bridgehead atoms. The van der Waals surface area contributed by atoms with Gasteiger partial charge in [0.05, 0.1) is 7.05 Å². The Morgan fingerprint density at radius 1 is 1.04 bits per heavy atom. The van der Waals surface area contributed by atoms with Gasteiger partial charge in [-0.05, 0) is 36.3 Å². The molecule has 1 heterocycles. The van der Waals surface area contributed by atoms with Gasteiger partial charge in [-0.2, -0.15) is 0 Å². The van der Waals surface area contributed by atoms with Crippen molar-refractivity contribution in [3.05, 3.63) is 90.5 Å². The molecular formula is C23H26IN3O. The summed E-state index contributed by atoms with van der Waals surface area (Å²) in [6, 6.07) is 20.5. The van der Waals surface area contributed by atoms with E-state index in [0.717, 1.165) is 30.4 Å². The van der Waals surface area contributed by atoms with Gasteiger partial charge in [-0.25, -0.2) is 9.13 Å². The summed E-state index contributed by atoms with van der Waals surface area (Å²) >= 11 is 0. The fourth-order valence-electron chi connectivity index (χ4n) is 4.83. The Hall–Kier alpha value is -2.15. The lowest BCUT2D eigenvalue weighted by molar-refractivity contribution is -0.671. The van der Waals surface area contributed by atoms with Crippen LogP contribution in [0, 0.1) is 5.92 Å². The molecule has 0 radical (unpaired) electrons. The van der Waals surface area contributed by atoms with Crippen LogP contribution in [0.5, 0.6) is 0 Å². The van der Waals surface area contributed by atoms with Crippen molar-refractivity contribution < 1.29 is 33.3 Å². The molecule has 1 aliphatic rings. The Balaban J connectivity index is 0.00000225. The van der Waals surface area contributed by atoms with Gasteiger partial charge in [0.2, 0.25) is 12.2 Å². The summed E-state index contributed by atoms with van der Waals surface area (Å²) in [6.07, 6.45) is 9.24. The van der Waals surface area contributed by atoms with Gasteiger partial charge in [0.15, 0.2) is 0 Å². The second-order valence-corrected chi connectivity index (χ2v) is 7.59. The summed E-state index contributed by atoms with van der Waals surface area (Å²) in [5, 5.41) is 0. The third-order valence-electron chi connectivity index (χ3n) is 6.08. The standard InChI is InChI=1S/C23H25N3O.HI/c1-25-14-15-26(17-25)21-13-12-20(16-21)23(22(24)27,18-8-4-2-5-9-18)19-10-6-3-7-11-19;/h2-11,14-15,17,20-21H,12-13,16H2,1H3,(H-,24,27);1H/t20-,21-;/m1./s1. The first-order chi connectivity index (χ1) is 13.1. The van der Waals surface area contributed by atoms with Crippen LogP contribution in [0.4, 0.5) is 0 Å². The number of rotatable bonds is 5. The Morgan fingerprint density at radius 2 is 1.61 bits per heavy atom. The topological polar surface area (TPSA) is 51.9 Å². The molecule has 2 atom stereocenters. The molecule has 2 aromatic carbocycles. The zero-order valence-electron chi connectivity index (χ0n) is 16.0. The number of hydrogen-bond donors (Lipinski definition) is 1. The number of primary amides is 1. The summed E-state index contributed by atoms with van der Waals surface area (Å²) < 4.78 is 4.32. The number of aromatic nitrogens is 2. The van der Waals surface area contributed by atoms with Crippen LogP contribution in [0.1, 0.15) is 36.4 Å². The summed E-state index contributed by atoms with van der Waals surface area (Å²) in [5.74, 6) is -0.0962. The molecule has 3 aromatic rings. The van der Waals surface area contributed by atoms with E-state index >= 15 is 0 Å². The number of hydrogen-bond acceptors (Lipinski definition) is 1. The van der Waals surface area contributed by atoms with Crippen LogP contribution in [-0.4, -0.2) is 10.5 Å². The zero-order chi connectivity index (χ0) is 18.9. The maximum atomic E-state index is 13.1. The minimum absolute atomic E-state index is 0. The highest BCUT2D eigenvalue weighted by molar-refractivity contribution is 5.91. The number of imidazole rings is 1. The van der Waals surface area contributed by atoms with Crippen molar-refractivity contribution >= 4 is 5.91 Å².